The van der Waals surface area contributed by atoms with E-state index in [2.05, 4.69) is 21.2 Å². The first kappa shape index (κ1) is 28.0. The average Bonchev–Trinajstić information content (AvgIpc) is 3.33. The fourth-order valence-electron chi connectivity index (χ4n) is 4.34. The molecule has 0 unspecified atom stereocenters. The Morgan fingerprint density at radius 1 is 1.14 bits per heavy atom. The zero-order valence-corrected chi connectivity index (χ0v) is 23.3. The molecule has 2 amide bonds. The molecule has 1 atom stereocenters. The fourth-order valence-corrected chi connectivity index (χ4v) is 5.64. The van der Waals surface area contributed by atoms with Crippen LogP contribution in [0.1, 0.15) is 45.1 Å². The van der Waals surface area contributed by atoms with Gasteiger partial charge in [0, 0.05) is 17.1 Å². The molecule has 1 N–H and O–H groups in total. The number of nitrogens with one attached hydrogen (secondary N) is 1. The number of anilines is 1. The molecule has 0 aliphatic heterocycles. The Kier molecular flexibility index (Phi) is 9.78. The molecule has 196 valence electrons. The number of halogens is 1. The number of amides is 2. The molecule has 0 bridgehead atoms. The Morgan fingerprint density at radius 2 is 1.83 bits per heavy atom. The highest BCUT2D eigenvalue weighted by Crippen LogP contribution is 2.30. The number of ether oxygens (including phenoxy) is 1. The van der Waals surface area contributed by atoms with Gasteiger partial charge in [0.1, 0.15) is 18.3 Å². The summed E-state index contributed by atoms with van der Waals surface area (Å²) in [4.78, 5) is 28.3. The summed E-state index contributed by atoms with van der Waals surface area (Å²) in [6.45, 7) is 3.52. The van der Waals surface area contributed by atoms with Crippen LogP contribution in [0, 0.1) is 0 Å². The topological polar surface area (TPSA) is 96.0 Å². The highest BCUT2D eigenvalue weighted by Gasteiger charge is 2.32. The van der Waals surface area contributed by atoms with Crippen molar-refractivity contribution in [3.63, 3.8) is 0 Å². The van der Waals surface area contributed by atoms with Crippen molar-refractivity contribution >= 4 is 43.5 Å². The lowest BCUT2D eigenvalue weighted by atomic mass is 10.1. The Morgan fingerprint density at radius 3 is 2.47 bits per heavy atom. The molecule has 1 saturated carbocycles. The van der Waals surface area contributed by atoms with Crippen LogP contribution in [0.5, 0.6) is 5.75 Å². The highest BCUT2D eigenvalue weighted by atomic mass is 79.9. The van der Waals surface area contributed by atoms with Crippen molar-refractivity contribution in [2.45, 2.75) is 58.2 Å². The van der Waals surface area contributed by atoms with Crippen molar-refractivity contribution in [1.82, 2.24) is 10.2 Å². The van der Waals surface area contributed by atoms with E-state index in [9.17, 15) is 18.0 Å². The van der Waals surface area contributed by atoms with Crippen LogP contribution in [0.2, 0.25) is 0 Å². The maximum absolute atomic E-state index is 13.7. The van der Waals surface area contributed by atoms with Gasteiger partial charge in [0.2, 0.25) is 21.8 Å². The second kappa shape index (κ2) is 12.6. The molecule has 1 fully saturated rings. The number of hydrogen-bond acceptors (Lipinski definition) is 5. The van der Waals surface area contributed by atoms with E-state index in [0.29, 0.717) is 12.4 Å². The number of rotatable bonds is 11. The maximum atomic E-state index is 13.7. The van der Waals surface area contributed by atoms with Gasteiger partial charge in [0.05, 0.1) is 18.6 Å². The molecule has 8 nitrogen and oxygen atoms in total. The van der Waals surface area contributed by atoms with Crippen LogP contribution in [0.25, 0.3) is 0 Å². The predicted molar refractivity (Wildman–Crippen MR) is 144 cm³/mol. The number of nitrogens with zero attached hydrogens (tertiary/aromatic N) is 2. The smallest absolute Gasteiger partial charge is 0.244 e. The van der Waals surface area contributed by atoms with Gasteiger partial charge in [-0.15, -0.1) is 0 Å². The minimum Gasteiger partial charge on any atom is -0.492 e. The van der Waals surface area contributed by atoms with Crippen molar-refractivity contribution in [3.8, 4) is 5.75 Å². The second-order valence-corrected chi connectivity index (χ2v) is 11.8. The van der Waals surface area contributed by atoms with Gasteiger partial charge in [0.25, 0.3) is 0 Å². The number of carbonyl (C=O) groups is 2. The lowest BCUT2D eigenvalue weighted by Crippen LogP contribution is -2.52. The van der Waals surface area contributed by atoms with Gasteiger partial charge in [-0.25, -0.2) is 8.42 Å². The molecular weight excluding hydrogens is 546 g/mol. The minimum absolute atomic E-state index is 0.105. The van der Waals surface area contributed by atoms with Crippen LogP contribution in [0.15, 0.2) is 53.0 Å². The zero-order chi connectivity index (χ0) is 26.3. The van der Waals surface area contributed by atoms with E-state index in [4.69, 9.17) is 4.74 Å². The number of para-hydroxylation sites is 2. The first-order valence-corrected chi connectivity index (χ1v) is 14.8. The third kappa shape index (κ3) is 7.46. The van der Waals surface area contributed by atoms with Crippen LogP contribution in [0.4, 0.5) is 5.69 Å². The van der Waals surface area contributed by atoms with Crippen molar-refractivity contribution in [2.24, 2.45) is 0 Å². The van der Waals surface area contributed by atoms with Gasteiger partial charge in [-0.1, -0.05) is 53.0 Å². The summed E-state index contributed by atoms with van der Waals surface area (Å²) in [5.41, 5.74) is 1.10. The number of hydrogen-bond donors (Lipinski definition) is 1. The average molecular weight is 581 g/mol. The molecular formula is C26H34BrN3O5S. The van der Waals surface area contributed by atoms with E-state index in [1.165, 1.54) is 4.90 Å². The Labute approximate surface area is 222 Å². The van der Waals surface area contributed by atoms with Crippen LogP contribution in [-0.4, -0.2) is 56.6 Å². The van der Waals surface area contributed by atoms with Crippen LogP contribution in [0.3, 0.4) is 0 Å². The van der Waals surface area contributed by atoms with Crippen LogP contribution < -0.4 is 14.4 Å². The van der Waals surface area contributed by atoms with E-state index in [-0.39, 0.29) is 24.2 Å². The summed E-state index contributed by atoms with van der Waals surface area (Å²) in [5, 5.41) is 3.06. The zero-order valence-electron chi connectivity index (χ0n) is 20.9. The monoisotopic (exact) mass is 579 g/mol. The van der Waals surface area contributed by atoms with Crippen molar-refractivity contribution in [2.75, 3.05) is 23.7 Å². The molecule has 0 saturated heterocycles. The molecule has 3 rings (SSSR count). The quantitative estimate of drug-likeness (QED) is 0.432. The van der Waals surface area contributed by atoms with Gasteiger partial charge in [-0.05, 0) is 56.5 Å². The molecule has 0 heterocycles. The molecule has 1 aliphatic rings. The lowest BCUT2D eigenvalue weighted by Gasteiger charge is -2.32. The Hall–Kier alpha value is -2.59. The highest BCUT2D eigenvalue weighted by molar-refractivity contribution is 9.10. The molecule has 10 heteroatoms. The summed E-state index contributed by atoms with van der Waals surface area (Å²) >= 11 is 3.45. The SMILES string of the molecule is CCOc1ccccc1N(CC(=O)N(Cc1cccc(Br)c1)[C@@H](C)C(=O)NC1CCCC1)S(C)(=O)=O. The first-order chi connectivity index (χ1) is 17.1. The van der Waals surface area contributed by atoms with Gasteiger partial charge in [0.15, 0.2) is 0 Å². The number of sulfonamides is 1. The minimum atomic E-state index is -3.83. The third-order valence-electron chi connectivity index (χ3n) is 6.22. The second-order valence-electron chi connectivity index (χ2n) is 8.99. The summed E-state index contributed by atoms with van der Waals surface area (Å²) in [5.74, 6) is -0.365. The fraction of sp³-hybridized carbons (Fsp3) is 0.462. The third-order valence-corrected chi connectivity index (χ3v) is 7.84. The number of benzene rings is 2. The van der Waals surface area contributed by atoms with Gasteiger partial charge in [-0.3, -0.25) is 13.9 Å². The first-order valence-electron chi connectivity index (χ1n) is 12.1. The van der Waals surface area contributed by atoms with E-state index in [0.717, 1.165) is 46.3 Å². The maximum Gasteiger partial charge on any atom is 0.244 e. The van der Waals surface area contributed by atoms with Gasteiger partial charge in [-0.2, -0.15) is 0 Å². The van der Waals surface area contributed by atoms with E-state index >= 15 is 0 Å². The normalized spacial score (nSPS) is 14.8. The van der Waals surface area contributed by atoms with Gasteiger partial charge < -0.3 is 15.0 Å². The van der Waals surface area contributed by atoms with Crippen LogP contribution in [-0.2, 0) is 26.2 Å². The summed E-state index contributed by atoms with van der Waals surface area (Å²) < 4.78 is 33.1. The summed E-state index contributed by atoms with van der Waals surface area (Å²) in [6, 6.07) is 13.5. The predicted octanol–water partition coefficient (Wildman–Crippen LogP) is 4.09. The van der Waals surface area contributed by atoms with E-state index in [1.54, 1.807) is 38.1 Å². The van der Waals surface area contributed by atoms with E-state index in [1.807, 2.05) is 24.3 Å². The molecule has 36 heavy (non-hydrogen) atoms. The molecule has 0 radical (unpaired) electrons. The number of carbonyl (C=O) groups excluding carboxylic acids is 2. The van der Waals surface area contributed by atoms with Crippen molar-refractivity contribution in [1.29, 1.82) is 0 Å². The van der Waals surface area contributed by atoms with Crippen molar-refractivity contribution < 1.29 is 22.7 Å². The molecule has 2 aromatic carbocycles. The molecule has 0 aromatic heterocycles. The lowest BCUT2D eigenvalue weighted by molar-refractivity contribution is -0.139. The van der Waals surface area contributed by atoms with E-state index < -0.39 is 28.5 Å². The van der Waals surface area contributed by atoms with Crippen molar-refractivity contribution in [3.05, 3.63) is 58.6 Å². The largest absolute Gasteiger partial charge is 0.492 e. The standard InChI is InChI=1S/C26H34BrN3O5S/c1-4-35-24-15-8-7-14-23(24)30(36(3,33)34)18-25(31)29(17-20-10-9-11-21(27)16-20)19(2)26(32)28-22-12-5-6-13-22/h7-11,14-16,19,22H,4-6,12-13,17-18H2,1-3H3,(H,28,32)/t19-/m0/s1. The Balaban J connectivity index is 1.91. The molecule has 2 aromatic rings. The molecule has 1 aliphatic carbocycles. The Bertz CT molecular complexity index is 1170. The molecule has 0 spiro atoms. The summed E-state index contributed by atoms with van der Waals surface area (Å²) in [6.07, 6.45) is 5.05. The van der Waals surface area contributed by atoms with Gasteiger partial charge >= 0.3 is 0 Å². The summed E-state index contributed by atoms with van der Waals surface area (Å²) in [7, 11) is -3.83. The van der Waals surface area contributed by atoms with Crippen LogP contribution >= 0.6 is 15.9 Å².